The van der Waals surface area contributed by atoms with Crippen molar-refractivity contribution in [3.05, 3.63) is 88.9 Å². The molecule has 0 N–H and O–H groups in total. The number of halogens is 1. The van der Waals surface area contributed by atoms with Crippen molar-refractivity contribution in [1.29, 1.82) is 0 Å². The number of hydrogen-bond donors (Lipinski definition) is 0. The maximum absolute atomic E-state index is 5.96. The van der Waals surface area contributed by atoms with E-state index in [9.17, 15) is 0 Å². The van der Waals surface area contributed by atoms with Gasteiger partial charge in [-0.25, -0.2) is 0 Å². The third-order valence-electron chi connectivity index (χ3n) is 3.95. The fourth-order valence-electron chi connectivity index (χ4n) is 2.44. The molecule has 0 radical (unpaired) electrons. The van der Waals surface area contributed by atoms with E-state index in [4.69, 9.17) is 16.3 Å². The number of aliphatic imine (C=N–C) groups is 1. The van der Waals surface area contributed by atoms with Gasteiger partial charge in [-0.3, -0.25) is 4.99 Å². The van der Waals surface area contributed by atoms with Gasteiger partial charge in [0.05, 0.1) is 5.69 Å². The van der Waals surface area contributed by atoms with Crippen LogP contribution in [0.5, 0.6) is 5.75 Å². The minimum atomic E-state index is 0.486. The molecule has 0 spiro atoms. The Morgan fingerprint density at radius 3 is 2.31 bits per heavy atom. The van der Waals surface area contributed by atoms with Crippen LogP contribution in [0.4, 0.5) is 11.4 Å². The summed E-state index contributed by atoms with van der Waals surface area (Å²) in [6.07, 6.45) is 1.84. The van der Waals surface area contributed by atoms with Gasteiger partial charge in [0, 0.05) is 36.6 Å². The van der Waals surface area contributed by atoms with E-state index in [1.807, 2.05) is 81.0 Å². The Morgan fingerprint density at radius 2 is 1.62 bits per heavy atom. The monoisotopic (exact) mass is 364 g/mol. The summed E-state index contributed by atoms with van der Waals surface area (Å²) in [5, 5.41) is 0.724. The molecule has 0 aliphatic carbocycles. The first kappa shape index (κ1) is 18.0. The Morgan fingerprint density at radius 1 is 0.923 bits per heavy atom. The molecule has 0 atom stereocenters. The topological polar surface area (TPSA) is 24.8 Å². The van der Waals surface area contributed by atoms with E-state index in [2.05, 4.69) is 22.0 Å². The fourth-order valence-corrected chi connectivity index (χ4v) is 2.57. The molecule has 3 aromatic rings. The van der Waals surface area contributed by atoms with Crippen LogP contribution in [0.2, 0.25) is 5.02 Å². The zero-order chi connectivity index (χ0) is 18.4. The van der Waals surface area contributed by atoms with Crippen molar-refractivity contribution in [2.75, 3.05) is 19.0 Å². The quantitative estimate of drug-likeness (QED) is 0.521. The molecule has 4 heteroatoms. The molecule has 26 heavy (non-hydrogen) atoms. The van der Waals surface area contributed by atoms with Gasteiger partial charge in [-0.05, 0) is 54.1 Å². The molecular formula is C22H21ClN2O. The van der Waals surface area contributed by atoms with Crippen molar-refractivity contribution < 1.29 is 4.74 Å². The van der Waals surface area contributed by atoms with Crippen LogP contribution in [0, 0.1) is 0 Å². The molecule has 0 aliphatic rings. The molecule has 0 heterocycles. The summed E-state index contributed by atoms with van der Waals surface area (Å²) in [6.45, 7) is 0.486. The summed E-state index contributed by atoms with van der Waals surface area (Å²) in [4.78, 5) is 6.63. The zero-order valence-electron chi connectivity index (χ0n) is 14.9. The molecule has 3 rings (SSSR count). The molecular weight excluding hydrogens is 344 g/mol. The second-order valence-electron chi connectivity index (χ2n) is 6.12. The summed E-state index contributed by atoms with van der Waals surface area (Å²) in [7, 11) is 4.04. The molecule has 0 amide bonds. The predicted octanol–water partition coefficient (Wildman–Crippen LogP) is 5.74. The standard InChI is InChI=1S/C22H21ClN2O/c1-25(2)21-13-11-20(12-14-21)24-15-18-5-3-4-6-22(18)26-16-17-7-9-19(23)10-8-17/h3-15H,16H2,1-2H3. The van der Waals surface area contributed by atoms with Crippen LogP contribution in [0.1, 0.15) is 11.1 Å². The van der Waals surface area contributed by atoms with E-state index < -0.39 is 0 Å². The largest absolute Gasteiger partial charge is 0.488 e. The molecule has 0 bridgehead atoms. The summed E-state index contributed by atoms with van der Waals surface area (Å²) in [5.41, 5.74) is 4.07. The molecule has 0 fully saturated rings. The van der Waals surface area contributed by atoms with Gasteiger partial charge < -0.3 is 9.64 Å². The Hall–Kier alpha value is -2.78. The van der Waals surface area contributed by atoms with Crippen molar-refractivity contribution in [3.63, 3.8) is 0 Å². The van der Waals surface area contributed by atoms with E-state index in [1.54, 1.807) is 0 Å². The van der Waals surface area contributed by atoms with Gasteiger partial charge in [-0.15, -0.1) is 0 Å². The second-order valence-corrected chi connectivity index (χ2v) is 6.56. The van der Waals surface area contributed by atoms with Crippen LogP contribution in [0.3, 0.4) is 0 Å². The molecule has 0 saturated heterocycles. The molecule has 0 saturated carbocycles. The summed E-state index contributed by atoms with van der Waals surface area (Å²) < 4.78 is 5.96. The molecule has 0 unspecified atom stereocenters. The lowest BCUT2D eigenvalue weighted by Gasteiger charge is -2.11. The van der Waals surface area contributed by atoms with Gasteiger partial charge >= 0.3 is 0 Å². The highest BCUT2D eigenvalue weighted by molar-refractivity contribution is 6.30. The normalized spacial score (nSPS) is 10.9. The minimum Gasteiger partial charge on any atom is -0.488 e. The highest BCUT2D eigenvalue weighted by Crippen LogP contribution is 2.21. The number of benzene rings is 3. The summed E-state index contributed by atoms with van der Waals surface area (Å²) in [6, 6.07) is 23.7. The lowest BCUT2D eigenvalue weighted by molar-refractivity contribution is 0.306. The van der Waals surface area contributed by atoms with Gasteiger partial charge in [0.1, 0.15) is 12.4 Å². The van der Waals surface area contributed by atoms with E-state index in [0.717, 1.165) is 33.3 Å². The van der Waals surface area contributed by atoms with Crippen LogP contribution in [0.25, 0.3) is 0 Å². The molecule has 0 aromatic heterocycles. The highest BCUT2D eigenvalue weighted by atomic mass is 35.5. The predicted molar refractivity (Wildman–Crippen MR) is 110 cm³/mol. The van der Waals surface area contributed by atoms with E-state index in [1.165, 1.54) is 0 Å². The Kier molecular flexibility index (Phi) is 5.92. The number of ether oxygens (including phenoxy) is 1. The van der Waals surface area contributed by atoms with E-state index in [0.29, 0.717) is 6.61 Å². The highest BCUT2D eigenvalue weighted by Gasteiger charge is 2.02. The van der Waals surface area contributed by atoms with E-state index >= 15 is 0 Å². The number of rotatable bonds is 6. The fraction of sp³-hybridized carbons (Fsp3) is 0.136. The van der Waals surface area contributed by atoms with Crippen molar-refractivity contribution >= 4 is 29.2 Å². The Labute approximate surface area is 159 Å². The average molecular weight is 365 g/mol. The van der Waals surface area contributed by atoms with Gasteiger partial charge in [0.25, 0.3) is 0 Å². The lowest BCUT2D eigenvalue weighted by Crippen LogP contribution is -2.07. The number of hydrogen-bond acceptors (Lipinski definition) is 3. The summed E-state index contributed by atoms with van der Waals surface area (Å²) in [5.74, 6) is 0.802. The maximum atomic E-state index is 5.96. The Balaban J connectivity index is 1.71. The zero-order valence-corrected chi connectivity index (χ0v) is 15.6. The minimum absolute atomic E-state index is 0.486. The van der Waals surface area contributed by atoms with Gasteiger partial charge in [-0.1, -0.05) is 35.9 Å². The lowest BCUT2D eigenvalue weighted by atomic mass is 10.2. The average Bonchev–Trinajstić information content (AvgIpc) is 2.67. The van der Waals surface area contributed by atoms with Gasteiger partial charge in [0.15, 0.2) is 0 Å². The third kappa shape index (κ3) is 4.87. The number of nitrogens with zero attached hydrogens (tertiary/aromatic N) is 2. The first-order chi connectivity index (χ1) is 12.6. The second kappa shape index (κ2) is 8.54. The van der Waals surface area contributed by atoms with Crippen molar-refractivity contribution in [2.24, 2.45) is 4.99 Å². The van der Waals surface area contributed by atoms with Crippen LogP contribution in [0.15, 0.2) is 77.8 Å². The molecule has 3 nitrogen and oxygen atoms in total. The van der Waals surface area contributed by atoms with E-state index in [-0.39, 0.29) is 0 Å². The van der Waals surface area contributed by atoms with Crippen molar-refractivity contribution in [1.82, 2.24) is 0 Å². The number of anilines is 1. The summed E-state index contributed by atoms with van der Waals surface area (Å²) >= 11 is 5.92. The van der Waals surface area contributed by atoms with Crippen LogP contribution in [-0.2, 0) is 6.61 Å². The van der Waals surface area contributed by atoms with Crippen LogP contribution in [-0.4, -0.2) is 20.3 Å². The molecule has 132 valence electrons. The first-order valence-electron chi connectivity index (χ1n) is 8.39. The van der Waals surface area contributed by atoms with Crippen molar-refractivity contribution in [2.45, 2.75) is 6.61 Å². The SMILES string of the molecule is CN(C)c1ccc(N=Cc2ccccc2OCc2ccc(Cl)cc2)cc1. The van der Waals surface area contributed by atoms with Gasteiger partial charge in [-0.2, -0.15) is 0 Å². The van der Waals surface area contributed by atoms with Crippen LogP contribution >= 0.6 is 11.6 Å². The molecule has 3 aromatic carbocycles. The third-order valence-corrected chi connectivity index (χ3v) is 4.20. The Bertz CT molecular complexity index is 871. The first-order valence-corrected chi connectivity index (χ1v) is 8.77. The van der Waals surface area contributed by atoms with Gasteiger partial charge in [0.2, 0.25) is 0 Å². The van der Waals surface area contributed by atoms with Crippen molar-refractivity contribution in [3.8, 4) is 5.75 Å². The maximum Gasteiger partial charge on any atom is 0.128 e. The number of para-hydroxylation sites is 1. The smallest absolute Gasteiger partial charge is 0.128 e. The van der Waals surface area contributed by atoms with Crippen LogP contribution < -0.4 is 9.64 Å². The molecule has 0 aliphatic heterocycles.